The van der Waals surface area contributed by atoms with Crippen molar-refractivity contribution in [1.29, 1.82) is 0 Å². The molecule has 0 fully saturated rings. The SMILES string of the molecule is [B](c1cccs1)c1cccs1. The second-order valence-corrected chi connectivity index (χ2v) is 4.13. The van der Waals surface area contributed by atoms with Crippen molar-refractivity contribution in [2.24, 2.45) is 0 Å². The molecule has 2 heterocycles. The first kappa shape index (κ1) is 7.13. The third-order valence-electron chi connectivity index (χ3n) is 1.37. The Morgan fingerprint density at radius 3 is 1.82 bits per heavy atom. The third-order valence-corrected chi connectivity index (χ3v) is 3.01. The summed E-state index contributed by atoms with van der Waals surface area (Å²) in [5, 5.41) is 4.19. The summed E-state index contributed by atoms with van der Waals surface area (Å²) in [6.45, 7) is 0. The van der Waals surface area contributed by atoms with E-state index in [1.807, 2.05) is 0 Å². The largest absolute Gasteiger partial charge is 0.219 e. The average molecular weight is 177 g/mol. The lowest BCUT2D eigenvalue weighted by Gasteiger charge is -1.87. The van der Waals surface area contributed by atoms with E-state index in [2.05, 4.69) is 42.3 Å². The molecular formula is C8H6BS2. The summed E-state index contributed by atoms with van der Waals surface area (Å²) in [5.41, 5.74) is 0. The highest BCUT2D eigenvalue weighted by molar-refractivity contribution is 7.27. The van der Waals surface area contributed by atoms with Crippen molar-refractivity contribution in [2.75, 3.05) is 0 Å². The Hall–Kier alpha value is -0.535. The molecule has 0 aliphatic rings. The topological polar surface area (TPSA) is 0 Å². The normalized spacial score (nSPS) is 9.82. The smallest absolute Gasteiger partial charge is 0.159 e. The number of rotatable bonds is 2. The van der Waals surface area contributed by atoms with Gasteiger partial charge in [-0.05, 0) is 20.3 Å². The average Bonchev–Trinajstić information content (AvgIpc) is 2.60. The summed E-state index contributed by atoms with van der Waals surface area (Å²) in [6, 6.07) is 8.41. The molecule has 0 aromatic carbocycles. The zero-order valence-electron chi connectivity index (χ0n) is 5.86. The van der Waals surface area contributed by atoms with Gasteiger partial charge in [-0.2, -0.15) is 22.7 Å². The van der Waals surface area contributed by atoms with Gasteiger partial charge >= 0.3 is 0 Å². The van der Waals surface area contributed by atoms with Crippen LogP contribution in [-0.2, 0) is 0 Å². The van der Waals surface area contributed by atoms with Gasteiger partial charge in [0.1, 0.15) is 0 Å². The molecule has 2 rings (SSSR count). The number of hydrogen-bond acceptors (Lipinski definition) is 2. The van der Waals surface area contributed by atoms with Crippen LogP contribution in [0.5, 0.6) is 0 Å². The molecule has 0 bridgehead atoms. The molecule has 0 nitrogen and oxygen atoms in total. The highest BCUT2D eigenvalue weighted by atomic mass is 32.1. The van der Waals surface area contributed by atoms with Crippen LogP contribution in [0.2, 0.25) is 0 Å². The van der Waals surface area contributed by atoms with Gasteiger partial charge in [-0.15, -0.1) is 0 Å². The highest BCUT2D eigenvalue weighted by Crippen LogP contribution is 1.95. The summed E-state index contributed by atoms with van der Waals surface area (Å²) in [7, 11) is 2.20. The van der Waals surface area contributed by atoms with Gasteiger partial charge in [0.25, 0.3) is 0 Å². The van der Waals surface area contributed by atoms with Crippen molar-refractivity contribution in [3.8, 4) is 0 Å². The van der Waals surface area contributed by atoms with Crippen LogP contribution in [0, 0.1) is 0 Å². The van der Waals surface area contributed by atoms with Crippen LogP contribution in [0.3, 0.4) is 0 Å². The molecule has 1 radical (unpaired) electrons. The molecule has 0 saturated heterocycles. The van der Waals surface area contributed by atoms with Crippen molar-refractivity contribution < 1.29 is 0 Å². The van der Waals surface area contributed by atoms with Gasteiger partial charge in [-0.25, -0.2) is 0 Å². The lowest BCUT2D eigenvalue weighted by Crippen LogP contribution is -2.20. The maximum atomic E-state index is 2.20. The Balaban J connectivity index is 2.14. The third kappa shape index (κ3) is 1.73. The van der Waals surface area contributed by atoms with E-state index >= 15 is 0 Å². The fraction of sp³-hybridized carbons (Fsp3) is 0. The summed E-state index contributed by atoms with van der Waals surface area (Å²) in [5.74, 6) is 0. The lowest BCUT2D eigenvalue weighted by atomic mass is 9.75. The molecule has 3 heteroatoms. The summed E-state index contributed by atoms with van der Waals surface area (Å²) in [6.07, 6.45) is 0. The van der Waals surface area contributed by atoms with Crippen LogP contribution >= 0.6 is 22.7 Å². The predicted molar refractivity (Wildman–Crippen MR) is 53.7 cm³/mol. The molecule has 11 heavy (non-hydrogen) atoms. The molecular weight excluding hydrogens is 171 g/mol. The van der Waals surface area contributed by atoms with Gasteiger partial charge in [-0.3, -0.25) is 0 Å². The number of hydrogen-bond donors (Lipinski definition) is 0. The second-order valence-electron chi connectivity index (χ2n) is 2.18. The van der Waals surface area contributed by atoms with E-state index < -0.39 is 0 Å². The van der Waals surface area contributed by atoms with Gasteiger partial charge < -0.3 is 0 Å². The molecule has 2 aromatic heterocycles. The van der Waals surface area contributed by atoms with Gasteiger partial charge in [-0.1, -0.05) is 24.3 Å². The first-order valence-corrected chi connectivity index (χ1v) is 5.13. The van der Waals surface area contributed by atoms with E-state index in [1.165, 1.54) is 9.55 Å². The second kappa shape index (κ2) is 3.24. The van der Waals surface area contributed by atoms with Crippen molar-refractivity contribution >= 4 is 39.5 Å². The minimum atomic E-state index is 1.33. The minimum absolute atomic E-state index is 1.33. The zero-order chi connectivity index (χ0) is 7.52. The van der Waals surface area contributed by atoms with Crippen LogP contribution in [0.25, 0.3) is 0 Å². The van der Waals surface area contributed by atoms with Crippen LogP contribution in [-0.4, -0.2) is 7.28 Å². The van der Waals surface area contributed by atoms with E-state index in [0.29, 0.717) is 0 Å². The molecule has 0 aliphatic carbocycles. The van der Waals surface area contributed by atoms with E-state index in [9.17, 15) is 0 Å². The highest BCUT2D eigenvalue weighted by Gasteiger charge is 1.98. The molecule has 0 aliphatic heterocycles. The van der Waals surface area contributed by atoms with Crippen molar-refractivity contribution in [3.05, 3.63) is 35.0 Å². The van der Waals surface area contributed by atoms with Crippen molar-refractivity contribution in [2.45, 2.75) is 0 Å². The van der Waals surface area contributed by atoms with E-state index in [4.69, 9.17) is 0 Å². The number of thiophene rings is 2. The molecule has 0 atom stereocenters. The van der Waals surface area contributed by atoms with E-state index in [1.54, 1.807) is 22.7 Å². The maximum absolute atomic E-state index is 2.20. The zero-order valence-corrected chi connectivity index (χ0v) is 7.49. The first-order chi connectivity index (χ1) is 5.45. The quantitative estimate of drug-likeness (QED) is 0.609. The van der Waals surface area contributed by atoms with Crippen LogP contribution in [0.1, 0.15) is 0 Å². The molecule has 0 amide bonds. The first-order valence-electron chi connectivity index (χ1n) is 3.37. The molecule has 0 N–H and O–H groups in total. The van der Waals surface area contributed by atoms with E-state index in [-0.39, 0.29) is 0 Å². The summed E-state index contributed by atoms with van der Waals surface area (Å²) >= 11 is 3.54. The Bertz CT molecular complexity index is 264. The Morgan fingerprint density at radius 1 is 0.909 bits per heavy atom. The van der Waals surface area contributed by atoms with Gasteiger partial charge in [0.2, 0.25) is 7.28 Å². The van der Waals surface area contributed by atoms with Crippen molar-refractivity contribution in [1.82, 2.24) is 0 Å². The maximum Gasteiger partial charge on any atom is 0.219 e. The van der Waals surface area contributed by atoms with Crippen LogP contribution in [0.15, 0.2) is 35.0 Å². The lowest BCUT2D eigenvalue weighted by molar-refractivity contribution is 2.05. The molecule has 0 spiro atoms. The fourth-order valence-corrected chi connectivity index (χ4v) is 2.29. The molecule has 0 saturated carbocycles. The van der Waals surface area contributed by atoms with Gasteiger partial charge in [0.05, 0.1) is 0 Å². The Morgan fingerprint density at radius 2 is 1.45 bits per heavy atom. The summed E-state index contributed by atoms with van der Waals surface area (Å²) < 4.78 is 2.65. The fourth-order valence-electron chi connectivity index (χ4n) is 0.887. The van der Waals surface area contributed by atoms with E-state index in [0.717, 1.165) is 0 Å². The van der Waals surface area contributed by atoms with Crippen LogP contribution < -0.4 is 9.55 Å². The molecule has 2 aromatic rings. The monoisotopic (exact) mass is 177 g/mol. The Labute approximate surface area is 74.8 Å². The van der Waals surface area contributed by atoms with Crippen LogP contribution in [0.4, 0.5) is 0 Å². The van der Waals surface area contributed by atoms with Gasteiger partial charge in [0, 0.05) is 0 Å². The Kier molecular flexibility index (Phi) is 2.10. The van der Waals surface area contributed by atoms with Crippen molar-refractivity contribution in [3.63, 3.8) is 0 Å². The summed E-state index contributed by atoms with van der Waals surface area (Å²) in [4.78, 5) is 0. The van der Waals surface area contributed by atoms with Gasteiger partial charge in [0.15, 0.2) is 0 Å². The molecule has 0 unspecified atom stereocenters. The minimum Gasteiger partial charge on any atom is -0.159 e. The molecule has 53 valence electrons. The predicted octanol–water partition coefficient (Wildman–Crippen LogP) is 1.46. The standard InChI is InChI=1S/C8H6BS2/c1-3-7(10-5-1)9-8-4-2-6-11-8/h1-6H.